The summed E-state index contributed by atoms with van der Waals surface area (Å²) in [6.07, 6.45) is 14.0. The minimum absolute atomic E-state index is 0. The van der Waals surface area contributed by atoms with Crippen molar-refractivity contribution in [3.63, 3.8) is 0 Å². The molecule has 0 saturated heterocycles. The Morgan fingerprint density at radius 1 is 0.783 bits per heavy atom. The summed E-state index contributed by atoms with van der Waals surface area (Å²) in [6, 6.07) is 2.44. The van der Waals surface area contributed by atoms with E-state index in [1.165, 1.54) is 64.2 Å². The van der Waals surface area contributed by atoms with Gasteiger partial charge in [0, 0.05) is 9.75 Å². The van der Waals surface area contributed by atoms with Crippen LogP contribution >= 0.6 is 36.2 Å². The Kier molecular flexibility index (Phi) is 18.8. The number of unbranched alkanes of at least 4 members (excludes halogenated alkanes) is 6. The molecule has 5 heteroatoms. The van der Waals surface area contributed by atoms with Crippen LogP contribution in [0.3, 0.4) is 0 Å². The number of nitrogens with two attached hydrogens (primary N) is 2. The highest BCUT2D eigenvalue weighted by molar-refractivity contribution is 7.12. The number of hydrogen-bond acceptors (Lipinski definition) is 3. The molecule has 1 heterocycles. The molecule has 1 aromatic rings. The van der Waals surface area contributed by atoms with Crippen LogP contribution < -0.4 is 11.5 Å². The van der Waals surface area contributed by atoms with Gasteiger partial charge in [-0.3, -0.25) is 0 Å². The van der Waals surface area contributed by atoms with Crippen LogP contribution in [0.15, 0.2) is 6.07 Å². The van der Waals surface area contributed by atoms with E-state index in [9.17, 15) is 0 Å². The van der Waals surface area contributed by atoms with Gasteiger partial charge in [0.1, 0.15) is 0 Å². The second-order valence-electron chi connectivity index (χ2n) is 5.92. The second-order valence-corrected chi connectivity index (χ2v) is 7.14. The maximum atomic E-state index is 5.57. The van der Waals surface area contributed by atoms with Gasteiger partial charge in [0.2, 0.25) is 0 Å². The molecule has 138 valence electrons. The molecule has 2 nitrogen and oxygen atoms in total. The van der Waals surface area contributed by atoms with E-state index in [0.29, 0.717) is 0 Å². The predicted molar refractivity (Wildman–Crippen MR) is 111 cm³/mol. The van der Waals surface area contributed by atoms with E-state index in [1.807, 2.05) is 11.3 Å². The topological polar surface area (TPSA) is 52.0 Å². The van der Waals surface area contributed by atoms with Crippen LogP contribution in [0.2, 0.25) is 0 Å². The molecule has 0 spiro atoms. The van der Waals surface area contributed by atoms with E-state index in [1.54, 1.807) is 15.3 Å². The summed E-state index contributed by atoms with van der Waals surface area (Å²) >= 11 is 2.05. The molecule has 0 fully saturated rings. The lowest BCUT2D eigenvalue weighted by molar-refractivity contribution is 0.598. The third kappa shape index (κ3) is 11.4. The molecule has 1 aromatic heterocycles. The molecule has 23 heavy (non-hydrogen) atoms. The Morgan fingerprint density at radius 2 is 1.30 bits per heavy atom. The van der Waals surface area contributed by atoms with Gasteiger partial charge in [0.05, 0.1) is 0 Å². The van der Waals surface area contributed by atoms with Crippen molar-refractivity contribution in [3.05, 3.63) is 21.4 Å². The summed E-state index contributed by atoms with van der Waals surface area (Å²) in [5.74, 6) is 0. The average molecular weight is 383 g/mol. The summed E-state index contributed by atoms with van der Waals surface area (Å²) in [5, 5.41) is 0. The molecule has 0 aliphatic heterocycles. The summed E-state index contributed by atoms with van der Waals surface area (Å²) < 4.78 is 0. The van der Waals surface area contributed by atoms with Crippen molar-refractivity contribution in [2.45, 2.75) is 77.6 Å². The van der Waals surface area contributed by atoms with Crippen LogP contribution in [0.4, 0.5) is 0 Å². The molecular formula is C18H36Cl2N2S. The zero-order chi connectivity index (χ0) is 15.3. The van der Waals surface area contributed by atoms with Gasteiger partial charge >= 0.3 is 0 Å². The lowest BCUT2D eigenvalue weighted by atomic mass is 10.1. The van der Waals surface area contributed by atoms with E-state index in [2.05, 4.69) is 13.0 Å². The Hall–Kier alpha value is 0.200. The van der Waals surface area contributed by atoms with Crippen molar-refractivity contribution in [2.75, 3.05) is 13.1 Å². The van der Waals surface area contributed by atoms with E-state index in [-0.39, 0.29) is 24.8 Å². The van der Waals surface area contributed by atoms with Gasteiger partial charge in [0.15, 0.2) is 0 Å². The number of thiophene rings is 1. The minimum atomic E-state index is 0. The van der Waals surface area contributed by atoms with Crippen molar-refractivity contribution in [1.29, 1.82) is 0 Å². The Bertz CT molecular complexity index is 370. The molecular weight excluding hydrogens is 347 g/mol. The zero-order valence-electron chi connectivity index (χ0n) is 14.6. The standard InChI is InChI=1S/C18H34N2S.2ClH/c1-2-16-15-17(11-8-10-14-20)21-18(16)12-7-5-3-4-6-9-13-19;;/h15H,2-14,19-20H2,1H3;2*1H. The van der Waals surface area contributed by atoms with Crippen molar-refractivity contribution in [2.24, 2.45) is 11.5 Å². The Labute approximate surface area is 159 Å². The summed E-state index contributed by atoms with van der Waals surface area (Å²) in [7, 11) is 0. The van der Waals surface area contributed by atoms with Crippen molar-refractivity contribution < 1.29 is 0 Å². The fourth-order valence-electron chi connectivity index (χ4n) is 2.74. The first-order valence-electron chi connectivity index (χ1n) is 8.82. The molecule has 0 aliphatic carbocycles. The number of aryl methyl sites for hydroxylation is 3. The number of rotatable bonds is 13. The smallest absolute Gasteiger partial charge is 0.00800 e. The summed E-state index contributed by atoms with van der Waals surface area (Å²) in [5.41, 5.74) is 12.7. The zero-order valence-corrected chi connectivity index (χ0v) is 17.1. The van der Waals surface area contributed by atoms with E-state index in [0.717, 1.165) is 19.5 Å². The largest absolute Gasteiger partial charge is 0.330 e. The quantitative estimate of drug-likeness (QED) is 0.456. The van der Waals surface area contributed by atoms with Crippen LogP contribution in [-0.4, -0.2) is 13.1 Å². The summed E-state index contributed by atoms with van der Waals surface area (Å²) in [4.78, 5) is 3.21. The van der Waals surface area contributed by atoms with E-state index >= 15 is 0 Å². The van der Waals surface area contributed by atoms with Crippen molar-refractivity contribution >= 4 is 36.2 Å². The van der Waals surface area contributed by atoms with Crippen LogP contribution in [0.25, 0.3) is 0 Å². The maximum absolute atomic E-state index is 5.57. The van der Waals surface area contributed by atoms with Gasteiger partial charge in [-0.1, -0.05) is 32.6 Å². The summed E-state index contributed by atoms with van der Waals surface area (Å²) in [6.45, 7) is 3.95. The molecule has 4 N–H and O–H groups in total. The highest BCUT2D eigenvalue weighted by atomic mass is 35.5. The third-order valence-corrected chi connectivity index (χ3v) is 5.36. The van der Waals surface area contributed by atoms with Gasteiger partial charge in [-0.25, -0.2) is 0 Å². The number of hydrogen-bond donors (Lipinski definition) is 2. The molecule has 0 aliphatic rings. The minimum Gasteiger partial charge on any atom is -0.330 e. The molecule has 1 rings (SSSR count). The molecule has 0 saturated carbocycles. The van der Waals surface area contributed by atoms with Crippen molar-refractivity contribution in [3.8, 4) is 0 Å². The van der Waals surface area contributed by atoms with Crippen molar-refractivity contribution in [1.82, 2.24) is 0 Å². The highest BCUT2D eigenvalue weighted by Crippen LogP contribution is 2.26. The lowest BCUT2D eigenvalue weighted by Gasteiger charge is -2.02. The van der Waals surface area contributed by atoms with E-state index < -0.39 is 0 Å². The van der Waals surface area contributed by atoms with Gasteiger partial charge in [-0.2, -0.15) is 0 Å². The van der Waals surface area contributed by atoms with Crippen LogP contribution in [-0.2, 0) is 19.3 Å². The average Bonchev–Trinajstić information content (AvgIpc) is 2.89. The molecule has 0 unspecified atom stereocenters. The van der Waals surface area contributed by atoms with Gasteiger partial charge in [-0.15, -0.1) is 36.2 Å². The van der Waals surface area contributed by atoms with Crippen LogP contribution in [0.1, 0.15) is 73.6 Å². The first-order chi connectivity index (χ1) is 10.3. The fourth-order valence-corrected chi connectivity index (χ4v) is 4.09. The first kappa shape index (κ1) is 25.4. The second kappa shape index (κ2) is 17.0. The first-order valence-corrected chi connectivity index (χ1v) is 9.64. The normalized spacial score (nSPS) is 10.2. The maximum Gasteiger partial charge on any atom is 0.00800 e. The molecule has 0 radical (unpaired) electrons. The van der Waals surface area contributed by atoms with Gasteiger partial charge < -0.3 is 11.5 Å². The SMILES string of the molecule is CCc1cc(CCCCN)sc1CCCCCCCCN.Cl.Cl. The lowest BCUT2D eigenvalue weighted by Crippen LogP contribution is -1.98. The molecule has 0 atom stereocenters. The predicted octanol–water partition coefficient (Wildman–Crippen LogP) is 5.28. The molecule has 0 amide bonds. The van der Waals surface area contributed by atoms with Crippen LogP contribution in [0.5, 0.6) is 0 Å². The molecule has 0 aromatic carbocycles. The van der Waals surface area contributed by atoms with Gasteiger partial charge in [0.25, 0.3) is 0 Å². The fraction of sp³-hybridized carbons (Fsp3) is 0.778. The van der Waals surface area contributed by atoms with Crippen LogP contribution in [0, 0.1) is 0 Å². The Balaban J connectivity index is 0. The monoisotopic (exact) mass is 382 g/mol. The highest BCUT2D eigenvalue weighted by Gasteiger charge is 2.07. The van der Waals surface area contributed by atoms with Gasteiger partial charge in [-0.05, 0) is 69.7 Å². The van der Waals surface area contributed by atoms with E-state index in [4.69, 9.17) is 11.5 Å². The number of halogens is 2. The molecule has 0 bridgehead atoms. The third-order valence-electron chi connectivity index (χ3n) is 4.06. The Morgan fingerprint density at radius 3 is 1.91 bits per heavy atom.